The van der Waals surface area contributed by atoms with Gasteiger partial charge in [0.1, 0.15) is 17.8 Å². The van der Waals surface area contributed by atoms with Crippen LogP contribution in [0.2, 0.25) is 5.02 Å². The molecule has 1 fully saturated rings. The summed E-state index contributed by atoms with van der Waals surface area (Å²) in [5, 5.41) is 3.23. The second-order valence-corrected chi connectivity index (χ2v) is 10.5. The van der Waals surface area contributed by atoms with E-state index < -0.39 is 11.6 Å². The molecule has 9 heteroatoms. The SMILES string of the molecule is CN(CC(=O)OC(C)(C)C)C(=O)c1csc(C2CCN(C(=O)Cc3ccccc3Cl)CC2)n1. The first-order chi connectivity index (χ1) is 15.5. The highest BCUT2D eigenvalue weighted by atomic mass is 35.5. The number of ether oxygens (including phenoxy) is 1. The first kappa shape index (κ1) is 25.2. The molecule has 1 aromatic heterocycles. The molecule has 0 atom stereocenters. The number of thiazole rings is 1. The zero-order chi connectivity index (χ0) is 24.2. The van der Waals surface area contributed by atoms with Gasteiger partial charge in [0.25, 0.3) is 5.91 Å². The molecule has 2 aromatic rings. The van der Waals surface area contributed by atoms with E-state index in [0.29, 0.717) is 30.2 Å². The van der Waals surface area contributed by atoms with Crippen LogP contribution in [0.15, 0.2) is 29.6 Å². The molecule has 178 valence electrons. The Morgan fingerprint density at radius 3 is 2.52 bits per heavy atom. The average molecular weight is 492 g/mol. The number of carbonyl (C=O) groups is 3. The third kappa shape index (κ3) is 7.01. The first-order valence-electron chi connectivity index (χ1n) is 11.0. The van der Waals surface area contributed by atoms with Crippen LogP contribution in [-0.2, 0) is 20.7 Å². The molecular weight excluding hydrogens is 462 g/mol. The van der Waals surface area contributed by atoms with Gasteiger partial charge >= 0.3 is 5.97 Å². The highest BCUT2D eigenvalue weighted by Gasteiger charge is 2.28. The van der Waals surface area contributed by atoms with Crippen LogP contribution in [0.25, 0.3) is 0 Å². The summed E-state index contributed by atoms with van der Waals surface area (Å²) in [4.78, 5) is 45.1. The van der Waals surface area contributed by atoms with E-state index in [1.807, 2.05) is 23.1 Å². The Labute approximate surface area is 203 Å². The van der Waals surface area contributed by atoms with Gasteiger partial charge in [-0.2, -0.15) is 0 Å². The number of aromatic nitrogens is 1. The predicted molar refractivity (Wildman–Crippen MR) is 129 cm³/mol. The van der Waals surface area contributed by atoms with Crippen molar-refractivity contribution in [2.45, 2.75) is 51.6 Å². The van der Waals surface area contributed by atoms with Crippen molar-refractivity contribution in [1.82, 2.24) is 14.8 Å². The Hall–Kier alpha value is -2.45. The van der Waals surface area contributed by atoms with Crippen LogP contribution < -0.4 is 0 Å². The number of likely N-dealkylation sites (tertiary alicyclic amines) is 1. The number of hydrogen-bond acceptors (Lipinski definition) is 6. The molecule has 0 saturated carbocycles. The van der Waals surface area contributed by atoms with E-state index >= 15 is 0 Å². The fraction of sp³-hybridized carbons (Fsp3) is 0.500. The topological polar surface area (TPSA) is 79.8 Å². The van der Waals surface area contributed by atoms with Gasteiger partial charge in [0.15, 0.2) is 0 Å². The molecule has 0 spiro atoms. The number of esters is 1. The lowest BCUT2D eigenvalue weighted by molar-refractivity contribution is -0.155. The normalized spacial score (nSPS) is 14.8. The molecule has 1 aliphatic heterocycles. The maximum atomic E-state index is 12.7. The zero-order valence-corrected chi connectivity index (χ0v) is 21.0. The molecule has 2 amide bonds. The molecular formula is C24H30ClN3O4S. The largest absolute Gasteiger partial charge is 0.459 e. The van der Waals surface area contributed by atoms with Crippen molar-refractivity contribution in [3.63, 3.8) is 0 Å². The molecule has 0 radical (unpaired) electrons. The zero-order valence-electron chi connectivity index (χ0n) is 19.5. The molecule has 33 heavy (non-hydrogen) atoms. The average Bonchev–Trinajstić information content (AvgIpc) is 3.23. The van der Waals surface area contributed by atoms with E-state index in [-0.39, 0.29) is 24.3 Å². The van der Waals surface area contributed by atoms with Gasteiger partial charge in [-0.1, -0.05) is 29.8 Å². The van der Waals surface area contributed by atoms with Crippen LogP contribution in [0.5, 0.6) is 0 Å². The van der Waals surface area contributed by atoms with Crippen molar-refractivity contribution < 1.29 is 19.1 Å². The lowest BCUT2D eigenvalue weighted by atomic mass is 9.97. The minimum atomic E-state index is -0.599. The maximum absolute atomic E-state index is 12.7. The summed E-state index contributed by atoms with van der Waals surface area (Å²) in [6.07, 6.45) is 1.89. The van der Waals surface area contributed by atoms with Gasteiger partial charge in [-0.05, 0) is 45.2 Å². The number of likely N-dealkylation sites (N-methyl/N-ethyl adjacent to an activating group) is 1. The number of amides is 2. The molecule has 0 N–H and O–H groups in total. The van der Waals surface area contributed by atoms with E-state index in [1.54, 1.807) is 39.3 Å². The monoisotopic (exact) mass is 491 g/mol. The van der Waals surface area contributed by atoms with Crippen LogP contribution in [0.3, 0.4) is 0 Å². The minimum Gasteiger partial charge on any atom is -0.459 e. The summed E-state index contributed by atoms with van der Waals surface area (Å²) >= 11 is 7.63. The summed E-state index contributed by atoms with van der Waals surface area (Å²) in [6, 6.07) is 7.40. The number of rotatable bonds is 6. The van der Waals surface area contributed by atoms with Gasteiger partial charge in [0.05, 0.1) is 11.4 Å². The molecule has 0 unspecified atom stereocenters. The van der Waals surface area contributed by atoms with Crippen LogP contribution >= 0.6 is 22.9 Å². The summed E-state index contributed by atoms with van der Waals surface area (Å²) < 4.78 is 5.28. The summed E-state index contributed by atoms with van der Waals surface area (Å²) in [6.45, 7) is 6.53. The van der Waals surface area contributed by atoms with Crippen molar-refractivity contribution in [2.75, 3.05) is 26.7 Å². The predicted octanol–water partition coefficient (Wildman–Crippen LogP) is 4.16. The quantitative estimate of drug-likeness (QED) is 0.567. The summed E-state index contributed by atoms with van der Waals surface area (Å²) in [5.74, 6) is -0.490. The van der Waals surface area contributed by atoms with Crippen molar-refractivity contribution in [3.05, 3.63) is 50.9 Å². The third-order valence-electron chi connectivity index (χ3n) is 5.37. The highest BCUT2D eigenvalue weighted by molar-refractivity contribution is 7.09. The fourth-order valence-electron chi connectivity index (χ4n) is 3.70. The molecule has 0 aliphatic carbocycles. The Bertz CT molecular complexity index is 1010. The summed E-state index contributed by atoms with van der Waals surface area (Å²) in [7, 11) is 1.56. The van der Waals surface area contributed by atoms with E-state index in [9.17, 15) is 14.4 Å². The summed E-state index contributed by atoms with van der Waals surface area (Å²) in [5.41, 5.74) is 0.571. The van der Waals surface area contributed by atoms with Crippen LogP contribution in [0, 0.1) is 0 Å². The number of carbonyl (C=O) groups excluding carboxylic acids is 3. The Morgan fingerprint density at radius 2 is 1.88 bits per heavy atom. The van der Waals surface area contributed by atoms with Crippen molar-refractivity contribution in [3.8, 4) is 0 Å². The van der Waals surface area contributed by atoms with Gasteiger partial charge in [0.2, 0.25) is 5.91 Å². The van der Waals surface area contributed by atoms with E-state index in [1.165, 1.54) is 16.2 Å². The molecule has 1 aliphatic rings. The van der Waals surface area contributed by atoms with Gasteiger partial charge in [-0.25, -0.2) is 4.98 Å². The lowest BCUT2D eigenvalue weighted by Gasteiger charge is -2.31. The third-order valence-corrected chi connectivity index (χ3v) is 6.75. The van der Waals surface area contributed by atoms with Crippen molar-refractivity contribution in [1.29, 1.82) is 0 Å². The minimum absolute atomic E-state index is 0.0697. The number of benzene rings is 1. The smallest absolute Gasteiger partial charge is 0.326 e. The lowest BCUT2D eigenvalue weighted by Crippen LogP contribution is -2.38. The maximum Gasteiger partial charge on any atom is 0.326 e. The van der Waals surface area contributed by atoms with Crippen molar-refractivity contribution >= 4 is 40.7 Å². The van der Waals surface area contributed by atoms with Gasteiger partial charge in [-0.15, -0.1) is 11.3 Å². The second kappa shape index (κ2) is 10.7. The fourth-order valence-corrected chi connectivity index (χ4v) is 4.87. The Morgan fingerprint density at radius 1 is 1.21 bits per heavy atom. The number of hydrogen-bond donors (Lipinski definition) is 0. The van der Waals surface area contributed by atoms with Crippen molar-refractivity contribution in [2.24, 2.45) is 0 Å². The Kier molecular flexibility index (Phi) is 8.13. The Balaban J connectivity index is 1.52. The standard InChI is InChI=1S/C24H30ClN3O4S/c1-24(2,3)32-21(30)14-27(4)23(31)19-15-33-22(26-19)16-9-11-28(12-10-16)20(29)13-17-7-5-6-8-18(17)25/h5-8,15-16H,9-14H2,1-4H3. The number of piperidine rings is 1. The molecule has 7 nitrogen and oxygen atoms in total. The second-order valence-electron chi connectivity index (χ2n) is 9.24. The highest BCUT2D eigenvalue weighted by Crippen LogP contribution is 2.31. The van der Waals surface area contributed by atoms with Crippen LogP contribution in [0.4, 0.5) is 0 Å². The van der Waals surface area contributed by atoms with Gasteiger partial charge < -0.3 is 14.5 Å². The first-order valence-corrected chi connectivity index (χ1v) is 12.2. The molecule has 1 aromatic carbocycles. The van der Waals surface area contributed by atoms with Gasteiger partial charge in [-0.3, -0.25) is 14.4 Å². The number of halogens is 1. The van der Waals surface area contributed by atoms with E-state index in [4.69, 9.17) is 16.3 Å². The molecule has 2 heterocycles. The van der Waals surface area contributed by atoms with Crippen LogP contribution in [-0.4, -0.2) is 64.9 Å². The van der Waals surface area contributed by atoms with Gasteiger partial charge in [0, 0.05) is 36.5 Å². The molecule has 1 saturated heterocycles. The molecule has 3 rings (SSSR count). The number of nitrogens with zero attached hydrogens (tertiary/aromatic N) is 3. The molecule has 0 bridgehead atoms. The van der Waals surface area contributed by atoms with E-state index in [0.717, 1.165) is 23.4 Å². The van der Waals surface area contributed by atoms with Crippen LogP contribution in [0.1, 0.15) is 60.6 Å². The van der Waals surface area contributed by atoms with E-state index in [2.05, 4.69) is 4.98 Å².